The zero-order chi connectivity index (χ0) is 11.1. The number of nitrogens with zero attached hydrogens (tertiary/aromatic N) is 1. The third kappa shape index (κ3) is 4.73. The molecule has 0 spiro atoms. The van der Waals surface area contributed by atoms with Crippen molar-refractivity contribution in [1.82, 2.24) is 4.98 Å². The molecule has 15 heavy (non-hydrogen) atoms. The van der Waals surface area contributed by atoms with Crippen LogP contribution in [0.1, 0.15) is 38.7 Å². The van der Waals surface area contributed by atoms with Crippen LogP contribution in [-0.2, 0) is 11.2 Å². The predicted octanol–water partition coefficient (Wildman–Crippen LogP) is 3.02. The van der Waals surface area contributed by atoms with Crippen molar-refractivity contribution in [1.29, 1.82) is 0 Å². The molecular weight excluding hydrogens is 186 g/mol. The van der Waals surface area contributed by atoms with Crippen molar-refractivity contribution in [3.63, 3.8) is 0 Å². The van der Waals surface area contributed by atoms with Gasteiger partial charge < -0.3 is 0 Å². The molecule has 0 saturated heterocycles. The number of carbonyl (C=O) groups excluding carboxylic acids is 1. The smallest absolute Gasteiger partial charge is 0.137 e. The van der Waals surface area contributed by atoms with Crippen molar-refractivity contribution in [3.8, 4) is 0 Å². The van der Waals surface area contributed by atoms with Gasteiger partial charge in [-0.05, 0) is 17.5 Å². The van der Waals surface area contributed by atoms with Gasteiger partial charge >= 0.3 is 0 Å². The summed E-state index contributed by atoms with van der Waals surface area (Å²) >= 11 is 0. The van der Waals surface area contributed by atoms with E-state index in [0.29, 0.717) is 24.5 Å². The molecule has 2 nitrogen and oxygen atoms in total. The van der Waals surface area contributed by atoms with Crippen molar-refractivity contribution < 1.29 is 4.79 Å². The largest absolute Gasteiger partial charge is 0.299 e. The highest BCUT2D eigenvalue weighted by Gasteiger charge is 2.08. The molecule has 82 valence electrons. The number of rotatable bonds is 6. The van der Waals surface area contributed by atoms with E-state index in [9.17, 15) is 4.79 Å². The highest BCUT2D eigenvalue weighted by atomic mass is 16.1. The third-order valence-corrected chi connectivity index (χ3v) is 2.48. The first-order valence-corrected chi connectivity index (χ1v) is 5.63. The molecule has 1 atom stereocenters. The van der Waals surface area contributed by atoms with Crippen molar-refractivity contribution in [3.05, 3.63) is 30.1 Å². The molecule has 0 radical (unpaired) electrons. The Bertz CT molecular complexity index is 295. The summed E-state index contributed by atoms with van der Waals surface area (Å²) in [7, 11) is 0. The van der Waals surface area contributed by atoms with Gasteiger partial charge in [-0.15, -0.1) is 0 Å². The van der Waals surface area contributed by atoms with E-state index >= 15 is 0 Å². The van der Waals surface area contributed by atoms with Crippen LogP contribution < -0.4 is 0 Å². The molecular formula is C13H19NO. The topological polar surface area (TPSA) is 30.0 Å². The van der Waals surface area contributed by atoms with E-state index in [1.807, 2.05) is 12.1 Å². The quantitative estimate of drug-likeness (QED) is 0.714. The number of ketones is 1. The predicted molar refractivity (Wildman–Crippen MR) is 61.6 cm³/mol. The molecule has 0 fully saturated rings. The summed E-state index contributed by atoms with van der Waals surface area (Å²) in [6.45, 7) is 4.30. The van der Waals surface area contributed by atoms with Gasteiger partial charge in [-0.2, -0.15) is 0 Å². The Morgan fingerprint density at radius 3 is 2.93 bits per heavy atom. The number of aromatic nitrogens is 1. The lowest BCUT2D eigenvalue weighted by Crippen LogP contribution is -2.08. The fourth-order valence-electron chi connectivity index (χ4n) is 1.79. The minimum atomic E-state index is 0.323. The first kappa shape index (κ1) is 11.9. The molecule has 1 aromatic rings. The Morgan fingerprint density at radius 2 is 2.33 bits per heavy atom. The van der Waals surface area contributed by atoms with Crippen LogP contribution >= 0.6 is 0 Å². The van der Waals surface area contributed by atoms with Crippen LogP contribution in [0, 0.1) is 5.92 Å². The summed E-state index contributed by atoms with van der Waals surface area (Å²) in [6.07, 6.45) is 7.01. The summed E-state index contributed by atoms with van der Waals surface area (Å²) in [6, 6.07) is 3.83. The minimum absolute atomic E-state index is 0.323. The van der Waals surface area contributed by atoms with Crippen molar-refractivity contribution in [2.75, 3.05) is 0 Å². The van der Waals surface area contributed by atoms with Gasteiger partial charge in [0.05, 0.1) is 0 Å². The average Bonchev–Trinajstić information content (AvgIpc) is 2.19. The van der Waals surface area contributed by atoms with E-state index in [-0.39, 0.29) is 0 Å². The van der Waals surface area contributed by atoms with E-state index in [0.717, 1.165) is 18.4 Å². The van der Waals surface area contributed by atoms with Gasteiger partial charge in [0.25, 0.3) is 0 Å². The molecule has 0 aliphatic heterocycles. The van der Waals surface area contributed by atoms with Gasteiger partial charge in [-0.1, -0.05) is 32.8 Å². The number of hydrogen-bond donors (Lipinski definition) is 0. The van der Waals surface area contributed by atoms with Crippen LogP contribution in [0.3, 0.4) is 0 Å². The summed E-state index contributed by atoms with van der Waals surface area (Å²) < 4.78 is 0. The first-order valence-electron chi connectivity index (χ1n) is 5.63. The summed E-state index contributed by atoms with van der Waals surface area (Å²) in [5, 5.41) is 0. The number of Topliss-reactive ketones (excluding diaryl/α,β-unsaturated/α-hetero) is 1. The van der Waals surface area contributed by atoms with Gasteiger partial charge in [0.15, 0.2) is 0 Å². The average molecular weight is 205 g/mol. The maximum absolute atomic E-state index is 11.7. The second-order valence-electron chi connectivity index (χ2n) is 4.17. The highest BCUT2D eigenvalue weighted by molar-refractivity contribution is 5.80. The Hall–Kier alpha value is -1.18. The van der Waals surface area contributed by atoms with Gasteiger partial charge in [-0.25, -0.2) is 0 Å². The fourth-order valence-corrected chi connectivity index (χ4v) is 1.79. The lowest BCUT2D eigenvalue weighted by atomic mass is 9.97. The third-order valence-electron chi connectivity index (χ3n) is 2.48. The van der Waals surface area contributed by atoms with Crippen molar-refractivity contribution in [2.24, 2.45) is 5.92 Å². The Labute approximate surface area is 91.7 Å². The zero-order valence-corrected chi connectivity index (χ0v) is 9.57. The van der Waals surface area contributed by atoms with Crippen LogP contribution in [0.25, 0.3) is 0 Å². The number of pyridine rings is 1. The van der Waals surface area contributed by atoms with E-state index in [1.165, 1.54) is 0 Å². The molecule has 1 rings (SSSR count). The maximum atomic E-state index is 11.7. The lowest BCUT2D eigenvalue weighted by Gasteiger charge is -2.08. The number of hydrogen-bond acceptors (Lipinski definition) is 2. The SMILES string of the molecule is CCCC(C)CC(=O)Cc1cccnc1. The molecule has 0 aromatic carbocycles. The van der Waals surface area contributed by atoms with Crippen LogP contribution in [0.15, 0.2) is 24.5 Å². The highest BCUT2D eigenvalue weighted by Crippen LogP contribution is 2.12. The molecule has 0 N–H and O–H groups in total. The second kappa shape index (κ2) is 6.33. The second-order valence-corrected chi connectivity index (χ2v) is 4.17. The minimum Gasteiger partial charge on any atom is -0.299 e. The van der Waals surface area contributed by atoms with Gasteiger partial charge in [0, 0.05) is 25.2 Å². The summed E-state index contributed by atoms with van der Waals surface area (Å²) in [5.74, 6) is 0.836. The van der Waals surface area contributed by atoms with E-state index < -0.39 is 0 Å². The molecule has 0 bridgehead atoms. The standard InChI is InChI=1S/C13H19NO/c1-3-5-11(2)8-13(15)9-12-6-4-7-14-10-12/h4,6-7,10-11H,3,5,8-9H2,1-2H3. The Kier molecular flexibility index (Phi) is 5.02. The fraction of sp³-hybridized carbons (Fsp3) is 0.538. The molecule has 0 aliphatic carbocycles. The van der Waals surface area contributed by atoms with Gasteiger partial charge in [0.1, 0.15) is 5.78 Å². The van der Waals surface area contributed by atoms with E-state index in [4.69, 9.17) is 0 Å². The maximum Gasteiger partial charge on any atom is 0.137 e. The van der Waals surface area contributed by atoms with Crippen LogP contribution in [0.4, 0.5) is 0 Å². The first-order chi connectivity index (χ1) is 7.22. The Morgan fingerprint density at radius 1 is 1.53 bits per heavy atom. The van der Waals surface area contributed by atoms with Crippen LogP contribution in [-0.4, -0.2) is 10.8 Å². The molecule has 0 amide bonds. The molecule has 1 unspecified atom stereocenters. The van der Waals surface area contributed by atoms with Crippen molar-refractivity contribution >= 4 is 5.78 Å². The normalized spacial score (nSPS) is 12.4. The van der Waals surface area contributed by atoms with Crippen LogP contribution in [0.2, 0.25) is 0 Å². The Balaban J connectivity index is 2.36. The molecule has 0 aliphatic rings. The van der Waals surface area contributed by atoms with Gasteiger partial charge in [-0.3, -0.25) is 9.78 Å². The molecule has 1 aromatic heterocycles. The van der Waals surface area contributed by atoms with E-state index in [2.05, 4.69) is 18.8 Å². The molecule has 0 saturated carbocycles. The van der Waals surface area contributed by atoms with Gasteiger partial charge in [0.2, 0.25) is 0 Å². The molecule has 2 heteroatoms. The summed E-state index contributed by atoms with van der Waals surface area (Å²) in [5.41, 5.74) is 1.02. The number of carbonyl (C=O) groups is 1. The van der Waals surface area contributed by atoms with Crippen LogP contribution in [0.5, 0.6) is 0 Å². The lowest BCUT2D eigenvalue weighted by molar-refractivity contribution is -0.119. The van der Waals surface area contributed by atoms with Crippen molar-refractivity contribution in [2.45, 2.75) is 39.5 Å². The van der Waals surface area contributed by atoms with E-state index in [1.54, 1.807) is 12.4 Å². The zero-order valence-electron chi connectivity index (χ0n) is 9.57. The molecule has 1 heterocycles. The summed E-state index contributed by atoms with van der Waals surface area (Å²) in [4.78, 5) is 15.7. The monoisotopic (exact) mass is 205 g/mol.